The summed E-state index contributed by atoms with van der Waals surface area (Å²) in [4.78, 5) is 26.3. The number of benzene rings is 1. The first-order chi connectivity index (χ1) is 11.0. The van der Waals surface area contributed by atoms with Crippen LogP contribution < -0.4 is 0 Å². The lowest BCUT2D eigenvalue weighted by atomic mass is 9.68. The van der Waals surface area contributed by atoms with Gasteiger partial charge in [-0.2, -0.15) is 0 Å². The SMILES string of the molecule is O=C(O)C1CCN(C(=O)C2(c3cccc(Br)c3)CCCCC2)C1. The zero-order valence-electron chi connectivity index (χ0n) is 13.1. The standard InChI is InChI=1S/C18H22BrNO3/c19-15-6-4-5-14(11-15)18(8-2-1-3-9-18)17(23)20-10-7-13(12-20)16(21)22/h4-6,11,13H,1-3,7-10,12H2,(H,21,22). The number of nitrogens with zero attached hydrogens (tertiary/aromatic N) is 1. The Morgan fingerprint density at radius 1 is 1.22 bits per heavy atom. The number of rotatable bonds is 3. The van der Waals surface area contributed by atoms with Gasteiger partial charge in [-0.15, -0.1) is 0 Å². The van der Waals surface area contributed by atoms with E-state index in [-0.39, 0.29) is 5.91 Å². The Balaban J connectivity index is 1.90. The lowest BCUT2D eigenvalue weighted by Crippen LogP contribution is -2.47. The Morgan fingerprint density at radius 2 is 1.96 bits per heavy atom. The van der Waals surface area contributed by atoms with Crippen molar-refractivity contribution in [2.75, 3.05) is 13.1 Å². The summed E-state index contributed by atoms with van der Waals surface area (Å²) in [6, 6.07) is 8.04. The van der Waals surface area contributed by atoms with Crippen LogP contribution >= 0.6 is 15.9 Å². The minimum atomic E-state index is -0.791. The van der Waals surface area contributed by atoms with Crippen molar-refractivity contribution in [1.82, 2.24) is 4.90 Å². The van der Waals surface area contributed by atoms with Crippen molar-refractivity contribution in [2.24, 2.45) is 5.92 Å². The second-order valence-electron chi connectivity index (χ2n) is 6.73. The first-order valence-electron chi connectivity index (χ1n) is 8.31. The number of likely N-dealkylation sites (tertiary alicyclic amines) is 1. The summed E-state index contributed by atoms with van der Waals surface area (Å²) in [6.07, 6.45) is 5.55. The molecular formula is C18H22BrNO3. The van der Waals surface area contributed by atoms with E-state index in [0.717, 1.165) is 35.7 Å². The topological polar surface area (TPSA) is 57.6 Å². The van der Waals surface area contributed by atoms with Gasteiger partial charge in [0.25, 0.3) is 0 Å². The highest BCUT2D eigenvalue weighted by Crippen LogP contribution is 2.42. The number of halogens is 1. The molecule has 1 N–H and O–H groups in total. The second-order valence-corrected chi connectivity index (χ2v) is 7.64. The first kappa shape index (κ1) is 16.5. The van der Waals surface area contributed by atoms with Crippen LogP contribution in [0.25, 0.3) is 0 Å². The largest absolute Gasteiger partial charge is 0.481 e. The molecule has 3 rings (SSSR count). The molecule has 2 fully saturated rings. The van der Waals surface area contributed by atoms with Crippen LogP contribution in [0.3, 0.4) is 0 Å². The molecule has 1 saturated carbocycles. The third-order valence-electron chi connectivity index (χ3n) is 5.32. The summed E-state index contributed by atoms with van der Waals surface area (Å²) >= 11 is 3.51. The molecule has 1 aromatic rings. The van der Waals surface area contributed by atoms with Crippen LogP contribution in [0.1, 0.15) is 44.1 Å². The van der Waals surface area contributed by atoms with Gasteiger partial charge in [-0.3, -0.25) is 9.59 Å². The fraction of sp³-hybridized carbons (Fsp3) is 0.556. The lowest BCUT2D eigenvalue weighted by molar-refractivity contribution is -0.142. The first-order valence-corrected chi connectivity index (χ1v) is 9.10. The normalized spacial score (nSPS) is 23.7. The number of carboxylic acids is 1. The van der Waals surface area contributed by atoms with Gasteiger partial charge in [0.2, 0.25) is 5.91 Å². The van der Waals surface area contributed by atoms with Crippen LogP contribution in [0.4, 0.5) is 0 Å². The minimum Gasteiger partial charge on any atom is -0.481 e. The summed E-state index contributed by atoms with van der Waals surface area (Å²) in [5.74, 6) is -1.08. The highest BCUT2D eigenvalue weighted by Gasteiger charge is 2.45. The number of hydrogen-bond acceptors (Lipinski definition) is 2. The third-order valence-corrected chi connectivity index (χ3v) is 5.81. The maximum Gasteiger partial charge on any atom is 0.308 e. The van der Waals surface area contributed by atoms with Crippen LogP contribution in [-0.4, -0.2) is 35.0 Å². The van der Waals surface area contributed by atoms with Gasteiger partial charge in [0.1, 0.15) is 0 Å². The number of amides is 1. The van der Waals surface area contributed by atoms with Gasteiger partial charge in [-0.05, 0) is 37.0 Å². The molecule has 1 saturated heterocycles. The van der Waals surface area contributed by atoms with Crippen LogP contribution in [0.15, 0.2) is 28.7 Å². The van der Waals surface area contributed by atoms with E-state index in [2.05, 4.69) is 15.9 Å². The number of carboxylic acid groups (broad SMARTS) is 1. The van der Waals surface area contributed by atoms with E-state index in [1.165, 1.54) is 6.42 Å². The molecule has 1 aliphatic heterocycles. The monoisotopic (exact) mass is 379 g/mol. The van der Waals surface area contributed by atoms with Gasteiger partial charge in [0.05, 0.1) is 11.3 Å². The highest BCUT2D eigenvalue weighted by molar-refractivity contribution is 9.10. The van der Waals surface area contributed by atoms with Gasteiger partial charge in [-0.1, -0.05) is 47.3 Å². The molecule has 1 heterocycles. The van der Waals surface area contributed by atoms with E-state index in [9.17, 15) is 14.7 Å². The summed E-state index contributed by atoms with van der Waals surface area (Å²) in [5, 5.41) is 9.20. The third kappa shape index (κ3) is 3.16. The molecule has 0 aromatic heterocycles. The van der Waals surface area contributed by atoms with Gasteiger partial charge in [0.15, 0.2) is 0 Å². The summed E-state index contributed by atoms with van der Waals surface area (Å²) in [7, 11) is 0. The van der Waals surface area contributed by atoms with Gasteiger partial charge in [0, 0.05) is 17.6 Å². The van der Waals surface area contributed by atoms with E-state index in [1.54, 1.807) is 4.90 Å². The Morgan fingerprint density at radius 3 is 2.57 bits per heavy atom. The van der Waals surface area contributed by atoms with Crippen molar-refractivity contribution in [3.63, 3.8) is 0 Å². The molecule has 2 aliphatic rings. The fourth-order valence-corrected chi connectivity index (χ4v) is 4.42. The maximum absolute atomic E-state index is 13.3. The molecule has 1 aliphatic carbocycles. The van der Waals surface area contributed by atoms with E-state index >= 15 is 0 Å². The zero-order valence-corrected chi connectivity index (χ0v) is 14.7. The van der Waals surface area contributed by atoms with Crippen LogP contribution in [-0.2, 0) is 15.0 Å². The van der Waals surface area contributed by atoms with Crippen molar-refractivity contribution in [3.05, 3.63) is 34.3 Å². The number of hydrogen-bond donors (Lipinski definition) is 1. The predicted molar refractivity (Wildman–Crippen MR) is 91.2 cm³/mol. The Kier molecular flexibility index (Phi) is 4.76. The van der Waals surface area contributed by atoms with E-state index in [0.29, 0.717) is 19.5 Å². The molecule has 0 radical (unpaired) electrons. The summed E-state index contributed by atoms with van der Waals surface area (Å²) in [6.45, 7) is 0.912. The molecule has 1 amide bonds. The van der Waals surface area contributed by atoms with Crippen molar-refractivity contribution in [2.45, 2.75) is 43.9 Å². The molecule has 5 heteroatoms. The smallest absolute Gasteiger partial charge is 0.308 e. The minimum absolute atomic E-state index is 0.124. The quantitative estimate of drug-likeness (QED) is 0.872. The fourth-order valence-electron chi connectivity index (χ4n) is 4.02. The number of carbonyl (C=O) groups is 2. The second kappa shape index (κ2) is 6.63. The average molecular weight is 380 g/mol. The van der Waals surface area contributed by atoms with Crippen molar-refractivity contribution in [1.29, 1.82) is 0 Å². The molecule has 23 heavy (non-hydrogen) atoms. The van der Waals surface area contributed by atoms with Crippen LogP contribution in [0, 0.1) is 5.92 Å². The molecule has 0 bridgehead atoms. The summed E-state index contributed by atoms with van der Waals surface area (Å²) in [5.41, 5.74) is 0.588. The molecule has 0 spiro atoms. The van der Waals surface area contributed by atoms with Crippen molar-refractivity contribution in [3.8, 4) is 0 Å². The van der Waals surface area contributed by atoms with Crippen molar-refractivity contribution < 1.29 is 14.7 Å². The Hall–Kier alpha value is -1.36. The maximum atomic E-state index is 13.3. The number of aliphatic carboxylic acids is 1. The van der Waals surface area contributed by atoms with E-state index in [4.69, 9.17) is 0 Å². The van der Waals surface area contributed by atoms with Crippen LogP contribution in [0.5, 0.6) is 0 Å². The van der Waals surface area contributed by atoms with E-state index in [1.807, 2.05) is 24.3 Å². The lowest BCUT2D eigenvalue weighted by Gasteiger charge is -2.39. The summed E-state index contributed by atoms with van der Waals surface area (Å²) < 4.78 is 0.984. The molecule has 124 valence electrons. The molecule has 1 aromatic carbocycles. The van der Waals surface area contributed by atoms with Crippen molar-refractivity contribution >= 4 is 27.8 Å². The zero-order chi connectivity index (χ0) is 16.4. The Bertz CT molecular complexity index is 610. The average Bonchev–Trinajstić information content (AvgIpc) is 3.05. The van der Waals surface area contributed by atoms with Gasteiger partial charge < -0.3 is 10.0 Å². The van der Waals surface area contributed by atoms with Gasteiger partial charge >= 0.3 is 5.97 Å². The van der Waals surface area contributed by atoms with E-state index < -0.39 is 17.3 Å². The predicted octanol–water partition coefficient (Wildman–Crippen LogP) is 3.58. The molecular weight excluding hydrogens is 358 g/mol. The Labute approximate surface area is 145 Å². The number of carbonyl (C=O) groups excluding carboxylic acids is 1. The van der Waals surface area contributed by atoms with Gasteiger partial charge in [-0.25, -0.2) is 0 Å². The highest BCUT2D eigenvalue weighted by atomic mass is 79.9. The molecule has 4 nitrogen and oxygen atoms in total. The molecule has 1 atom stereocenters. The molecule has 1 unspecified atom stereocenters. The van der Waals surface area contributed by atoms with Crippen LogP contribution in [0.2, 0.25) is 0 Å².